The maximum absolute atomic E-state index is 12.1. The van der Waals surface area contributed by atoms with Crippen LogP contribution in [-0.4, -0.2) is 43.7 Å². The van der Waals surface area contributed by atoms with E-state index in [1.807, 2.05) is 0 Å². The molecule has 2 heterocycles. The van der Waals surface area contributed by atoms with E-state index in [0.717, 1.165) is 0 Å². The third kappa shape index (κ3) is 2.52. The average molecular weight is 259 g/mol. The third-order valence-corrected chi connectivity index (χ3v) is 4.81. The van der Waals surface area contributed by atoms with Crippen molar-refractivity contribution in [3.05, 3.63) is 24.2 Å². The molecular weight excluding hydrogens is 242 g/mol. The predicted molar refractivity (Wildman–Crippen MR) is 63.2 cm³/mol. The highest BCUT2D eigenvalue weighted by molar-refractivity contribution is 7.86. The lowest BCUT2D eigenvalue weighted by atomic mass is 10.1. The first-order chi connectivity index (χ1) is 8.04. The Kier molecular flexibility index (Phi) is 3.53. The summed E-state index contributed by atoms with van der Waals surface area (Å²) in [5.74, 6) is 0.804. The molecule has 2 N–H and O–H groups in total. The normalized spacial score (nSPS) is 26.1. The molecule has 1 fully saturated rings. The van der Waals surface area contributed by atoms with Crippen molar-refractivity contribution in [2.45, 2.75) is 6.54 Å². The van der Waals surface area contributed by atoms with E-state index in [2.05, 4.69) is 0 Å². The molecule has 96 valence electrons. The van der Waals surface area contributed by atoms with Gasteiger partial charge in [0.25, 0.3) is 10.2 Å². The molecule has 17 heavy (non-hydrogen) atoms. The zero-order chi connectivity index (χ0) is 12.5. The van der Waals surface area contributed by atoms with Gasteiger partial charge in [0.15, 0.2) is 0 Å². The Hall–Kier alpha value is -0.890. The monoisotopic (exact) mass is 259 g/mol. The van der Waals surface area contributed by atoms with Gasteiger partial charge in [-0.1, -0.05) is 0 Å². The molecule has 0 radical (unpaired) electrons. The third-order valence-electron chi connectivity index (χ3n) is 2.94. The summed E-state index contributed by atoms with van der Waals surface area (Å²) in [5.41, 5.74) is 5.62. The minimum absolute atomic E-state index is 0.165. The Morgan fingerprint density at radius 2 is 2.29 bits per heavy atom. The number of hydrogen-bond donors (Lipinski definition) is 1. The second kappa shape index (κ2) is 4.77. The molecule has 1 saturated heterocycles. The molecule has 1 unspecified atom stereocenters. The fourth-order valence-corrected chi connectivity index (χ4v) is 3.45. The smallest absolute Gasteiger partial charge is 0.282 e. The van der Waals surface area contributed by atoms with Gasteiger partial charge in [-0.25, -0.2) is 0 Å². The number of nitrogens with two attached hydrogens (primary N) is 1. The average Bonchev–Trinajstić information content (AvgIpc) is 2.77. The summed E-state index contributed by atoms with van der Waals surface area (Å²) in [4.78, 5) is 0. The fraction of sp³-hybridized carbons (Fsp3) is 0.600. The first-order valence-electron chi connectivity index (χ1n) is 5.48. The number of nitrogens with zero attached hydrogens (tertiary/aromatic N) is 2. The molecule has 7 heteroatoms. The van der Waals surface area contributed by atoms with Crippen LogP contribution in [0.5, 0.6) is 0 Å². The van der Waals surface area contributed by atoms with E-state index in [9.17, 15) is 8.42 Å². The van der Waals surface area contributed by atoms with E-state index in [4.69, 9.17) is 10.2 Å². The minimum atomic E-state index is -3.37. The lowest BCUT2D eigenvalue weighted by Crippen LogP contribution is -2.53. The van der Waals surface area contributed by atoms with Gasteiger partial charge in [-0.2, -0.15) is 17.0 Å². The highest BCUT2D eigenvalue weighted by Crippen LogP contribution is 2.20. The molecule has 1 aliphatic heterocycles. The zero-order valence-corrected chi connectivity index (χ0v) is 10.6. The summed E-state index contributed by atoms with van der Waals surface area (Å²) in [6, 6.07) is 3.51. The van der Waals surface area contributed by atoms with Crippen LogP contribution in [0.3, 0.4) is 0 Å². The van der Waals surface area contributed by atoms with Gasteiger partial charge in [-0.05, 0) is 24.6 Å². The van der Waals surface area contributed by atoms with Crippen LogP contribution in [-0.2, 0) is 16.8 Å². The van der Waals surface area contributed by atoms with Crippen LogP contribution < -0.4 is 5.73 Å². The van der Waals surface area contributed by atoms with E-state index in [1.165, 1.54) is 14.9 Å². The van der Waals surface area contributed by atoms with Crippen molar-refractivity contribution in [1.82, 2.24) is 8.61 Å². The van der Waals surface area contributed by atoms with Crippen LogP contribution in [0.1, 0.15) is 5.76 Å². The molecule has 0 aliphatic carbocycles. The van der Waals surface area contributed by atoms with Crippen molar-refractivity contribution in [1.29, 1.82) is 0 Å². The number of rotatable bonds is 3. The predicted octanol–water partition coefficient (Wildman–Crippen LogP) is -0.153. The van der Waals surface area contributed by atoms with Crippen molar-refractivity contribution in [3.63, 3.8) is 0 Å². The molecule has 1 aliphatic rings. The Bertz CT molecular complexity index is 457. The molecule has 1 aromatic rings. The molecular formula is C10H17N3O3S. The lowest BCUT2D eigenvalue weighted by Gasteiger charge is -2.36. The standard InChI is InChI=1S/C10H17N3O3S/c1-12-6-9(5-11)7-13(17(12,14)15)8-10-3-2-4-16-10/h2-4,9H,5-8,11H2,1H3. The van der Waals surface area contributed by atoms with Gasteiger partial charge >= 0.3 is 0 Å². The molecule has 1 atom stereocenters. The molecule has 6 nitrogen and oxygen atoms in total. The van der Waals surface area contributed by atoms with Crippen molar-refractivity contribution >= 4 is 10.2 Å². The Morgan fingerprint density at radius 3 is 2.88 bits per heavy atom. The molecule has 0 spiro atoms. The minimum Gasteiger partial charge on any atom is -0.468 e. The maximum Gasteiger partial charge on any atom is 0.282 e. The van der Waals surface area contributed by atoms with Crippen molar-refractivity contribution < 1.29 is 12.8 Å². The van der Waals surface area contributed by atoms with Crippen LogP contribution >= 0.6 is 0 Å². The largest absolute Gasteiger partial charge is 0.468 e. The molecule has 2 rings (SSSR count). The SMILES string of the molecule is CN1CC(CN)CN(Cc2ccco2)S1(=O)=O. The van der Waals surface area contributed by atoms with Gasteiger partial charge in [-0.3, -0.25) is 0 Å². The van der Waals surface area contributed by atoms with E-state index < -0.39 is 10.2 Å². The first kappa shape index (κ1) is 12.6. The van der Waals surface area contributed by atoms with E-state index in [0.29, 0.717) is 25.4 Å². The van der Waals surface area contributed by atoms with Crippen LogP contribution in [0.4, 0.5) is 0 Å². The van der Waals surface area contributed by atoms with Crippen LogP contribution in [0, 0.1) is 5.92 Å². The maximum atomic E-state index is 12.1. The summed E-state index contributed by atoms with van der Waals surface area (Å²) in [5, 5.41) is 0. The van der Waals surface area contributed by atoms with Crippen LogP contribution in [0.2, 0.25) is 0 Å². The quantitative estimate of drug-likeness (QED) is 0.818. The summed E-state index contributed by atoms with van der Waals surface area (Å²) in [6.45, 7) is 1.67. The molecule has 0 saturated carbocycles. The molecule has 1 aromatic heterocycles. The Morgan fingerprint density at radius 1 is 1.53 bits per heavy atom. The Labute approximate surface area is 101 Å². The molecule has 0 bridgehead atoms. The van der Waals surface area contributed by atoms with Gasteiger partial charge in [0.1, 0.15) is 5.76 Å². The number of furan rings is 1. The van der Waals surface area contributed by atoms with Crippen molar-refractivity contribution in [3.8, 4) is 0 Å². The van der Waals surface area contributed by atoms with Gasteiger partial charge in [0.2, 0.25) is 0 Å². The van der Waals surface area contributed by atoms with Crippen molar-refractivity contribution in [2.24, 2.45) is 11.7 Å². The van der Waals surface area contributed by atoms with Gasteiger partial charge in [-0.15, -0.1) is 0 Å². The summed E-state index contributed by atoms with van der Waals surface area (Å²) >= 11 is 0. The van der Waals surface area contributed by atoms with E-state index in [1.54, 1.807) is 19.2 Å². The second-order valence-corrected chi connectivity index (χ2v) is 6.30. The van der Waals surface area contributed by atoms with E-state index >= 15 is 0 Å². The summed E-state index contributed by atoms with van der Waals surface area (Å²) in [6.07, 6.45) is 1.54. The fourth-order valence-electron chi connectivity index (χ4n) is 1.97. The molecule has 0 amide bonds. The Balaban J connectivity index is 2.17. The summed E-state index contributed by atoms with van der Waals surface area (Å²) < 4.78 is 32.1. The highest BCUT2D eigenvalue weighted by atomic mass is 32.2. The topological polar surface area (TPSA) is 79.8 Å². The van der Waals surface area contributed by atoms with Crippen LogP contribution in [0.25, 0.3) is 0 Å². The molecule has 0 aromatic carbocycles. The second-order valence-electron chi connectivity index (χ2n) is 4.26. The van der Waals surface area contributed by atoms with Crippen LogP contribution in [0.15, 0.2) is 22.8 Å². The van der Waals surface area contributed by atoms with E-state index in [-0.39, 0.29) is 12.5 Å². The zero-order valence-electron chi connectivity index (χ0n) is 9.74. The van der Waals surface area contributed by atoms with Gasteiger partial charge in [0, 0.05) is 20.1 Å². The highest BCUT2D eigenvalue weighted by Gasteiger charge is 2.35. The lowest BCUT2D eigenvalue weighted by molar-refractivity contribution is 0.232. The number of hydrogen-bond acceptors (Lipinski definition) is 4. The summed E-state index contributed by atoms with van der Waals surface area (Å²) in [7, 11) is -1.79. The van der Waals surface area contributed by atoms with Gasteiger partial charge < -0.3 is 10.2 Å². The first-order valence-corrected chi connectivity index (χ1v) is 6.87. The van der Waals surface area contributed by atoms with Gasteiger partial charge in [0.05, 0.1) is 12.8 Å². The van der Waals surface area contributed by atoms with Crippen molar-refractivity contribution in [2.75, 3.05) is 26.7 Å².